The van der Waals surface area contributed by atoms with E-state index in [1.165, 1.54) is 38.1 Å². The number of nitrogens with one attached hydrogen (secondary N) is 2. The minimum Gasteiger partial charge on any atom is -0.413 e. The highest BCUT2D eigenvalue weighted by Crippen LogP contribution is 2.38. The topological polar surface area (TPSA) is 163 Å². The molecule has 0 spiro atoms. The van der Waals surface area contributed by atoms with Crippen LogP contribution in [0, 0.1) is 20.2 Å². The molecule has 14 heteroatoms. The predicted molar refractivity (Wildman–Crippen MR) is 179 cm³/mol. The van der Waals surface area contributed by atoms with E-state index in [1.807, 2.05) is 0 Å². The second-order valence-corrected chi connectivity index (χ2v) is 23.4. The quantitative estimate of drug-likeness (QED) is 0.148. The van der Waals surface area contributed by atoms with Gasteiger partial charge in [0.1, 0.15) is 0 Å². The molecule has 0 bridgehead atoms. The van der Waals surface area contributed by atoms with Crippen molar-refractivity contribution in [2.24, 2.45) is 0 Å². The van der Waals surface area contributed by atoms with Crippen LogP contribution in [-0.4, -0.2) is 38.3 Å². The lowest BCUT2D eigenvalue weighted by molar-refractivity contribution is -0.385. The second kappa shape index (κ2) is 15.0. The van der Waals surface area contributed by atoms with E-state index in [9.17, 15) is 29.8 Å². The van der Waals surface area contributed by atoms with Gasteiger partial charge in [0.2, 0.25) is 11.8 Å². The number of non-ortho nitro benzene ring substituents is 2. The van der Waals surface area contributed by atoms with Crippen molar-refractivity contribution in [3.8, 4) is 0 Å². The zero-order valence-electron chi connectivity index (χ0n) is 28.0. The third kappa shape index (κ3) is 12.3. The van der Waals surface area contributed by atoms with Crippen molar-refractivity contribution in [2.75, 3.05) is 10.6 Å². The van der Waals surface area contributed by atoms with Crippen LogP contribution in [0.5, 0.6) is 0 Å². The molecule has 44 heavy (non-hydrogen) atoms. The first-order valence-corrected chi connectivity index (χ1v) is 20.1. The summed E-state index contributed by atoms with van der Waals surface area (Å²) in [6.07, 6.45) is 0. The molecule has 0 aromatic heterocycles. The number of hydrogen-bond acceptors (Lipinski definition) is 8. The lowest BCUT2D eigenvalue weighted by Gasteiger charge is -2.36. The van der Waals surface area contributed by atoms with Gasteiger partial charge in [0.15, 0.2) is 16.6 Å². The van der Waals surface area contributed by atoms with Crippen molar-refractivity contribution in [3.05, 3.63) is 67.8 Å². The minimum absolute atomic E-state index is 0.0555. The van der Waals surface area contributed by atoms with Crippen molar-refractivity contribution < 1.29 is 28.3 Å². The molecular formula is C30H48N4O8Si2. The van der Waals surface area contributed by atoms with Gasteiger partial charge in [0.05, 0.1) is 23.1 Å². The fraction of sp³-hybridized carbons (Fsp3) is 0.533. The Morgan fingerprint density at radius 1 is 0.659 bits per heavy atom. The number of nitrogens with zero attached hydrogens (tertiary/aromatic N) is 2. The Morgan fingerprint density at radius 2 is 0.955 bits per heavy atom. The molecule has 0 unspecified atom stereocenters. The lowest BCUT2D eigenvalue weighted by Crippen LogP contribution is -2.40. The summed E-state index contributed by atoms with van der Waals surface area (Å²) >= 11 is 0. The molecule has 2 amide bonds. The third-order valence-corrected chi connectivity index (χ3v) is 16.8. The van der Waals surface area contributed by atoms with Gasteiger partial charge < -0.3 is 19.5 Å². The Morgan fingerprint density at radius 3 is 1.18 bits per heavy atom. The number of carbonyl (C=O) groups excluding carboxylic acids is 2. The van der Waals surface area contributed by atoms with Gasteiger partial charge in [-0.1, -0.05) is 41.5 Å². The molecule has 0 saturated heterocycles. The fourth-order valence-corrected chi connectivity index (χ4v) is 5.16. The van der Waals surface area contributed by atoms with E-state index in [0.717, 1.165) is 0 Å². The molecule has 0 aliphatic heterocycles. The zero-order chi connectivity index (χ0) is 34.3. The monoisotopic (exact) mass is 648 g/mol. The van der Waals surface area contributed by atoms with E-state index in [4.69, 9.17) is 8.85 Å². The molecule has 2 N–H and O–H groups in total. The summed E-state index contributed by atoms with van der Waals surface area (Å²) in [7, 11) is -3.88. The smallest absolute Gasteiger partial charge is 0.271 e. The van der Waals surface area contributed by atoms with E-state index in [1.54, 1.807) is 12.1 Å². The van der Waals surface area contributed by atoms with Gasteiger partial charge in [-0.3, -0.25) is 29.8 Å². The average Bonchev–Trinajstić information content (AvgIpc) is 2.84. The standard InChI is InChI=1S/2C15H24N2O4Si/c2*1-11(18)16-13-7-12(8-14(9-13)17(19)20)10-21-22(5,6)15(2,3)4/h2*7-9H,10H2,1-6H3,(H,16,18). The number of anilines is 2. The predicted octanol–water partition coefficient (Wildman–Crippen LogP) is 8.15. The summed E-state index contributed by atoms with van der Waals surface area (Å²) in [5.74, 6) is -0.534. The van der Waals surface area contributed by atoms with Gasteiger partial charge >= 0.3 is 0 Å². The van der Waals surface area contributed by atoms with Crippen LogP contribution in [0.1, 0.15) is 66.5 Å². The van der Waals surface area contributed by atoms with Crippen LogP contribution in [-0.2, 0) is 31.7 Å². The van der Waals surface area contributed by atoms with Crippen LogP contribution < -0.4 is 10.6 Å². The SMILES string of the molecule is CC(=O)Nc1cc(CO[Si](C)(C)C(C)(C)C)cc([N+](=O)[O-])c1.CC(=O)Nc1cc(CO[Si](C)(C)C(C)(C)C)cc([N+](=O)[O-])c1. The number of carbonyl (C=O) groups is 2. The van der Waals surface area contributed by atoms with Crippen LogP contribution in [0.25, 0.3) is 0 Å². The fourth-order valence-electron chi connectivity index (χ4n) is 3.24. The average molecular weight is 649 g/mol. The van der Waals surface area contributed by atoms with Crippen LogP contribution in [0.2, 0.25) is 36.3 Å². The van der Waals surface area contributed by atoms with E-state index in [-0.39, 0.29) is 33.3 Å². The molecule has 2 aromatic carbocycles. The summed E-state index contributed by atoms with van der Waals surface area (Å²) in [5.41, 5.74) is 2.08. The Hall–Kier alpha value is -3.47. The van der Waals surface area contributed by atoms with E-state index < -0.39 is 26.5 Å². The number of nitro benzene ring substituents is 2. The van der Waals surface area contributed by atoms with Gasteiger partial charge in [-0.05, 0) is 59.5 Å². The van der Waals surface area contributed by atoms with Gasteiger partial charge in [-0.2, -0.15) is 0 Å². The molecule has 12 nitrogen and oxygen atoms in total. The van der Waals surface area contributed by atoms with Crippen LogP contribution >= 0.6 is 0 Å². The number of nitro groups is 2. The molecule has 0 saturated carbocycles. The van der Waals surface area contributed by atoms with Crippen LogP contribution in [0.4, 0.5) is 22.7 Å². The maximum atomic E-state index is 11.1. The summed E-state index contributed by atoms with van der Waals surface area (Å²) in [5, 5.41) is 27.3. The summed E-state index contributed by atoms with van der Waals surface area (Å²) in [4.78, 5) is 43.4. The molecule has 0 atom stereocenters. The normalized spacial score (nSPS) is 12.1. The van der Waals surface area contributed by atoms with E-state index in [0.29, 0.717) is 35.7 Å². The maximum absolute atomic E-state index is 11.1. The molecule has 0 aliphatic rings. The summed E-state index contributed by atoms with van der Waals surface area (Å²) in [6, 6.07) is 9.08. The van der Waals surface area contributed by atoms with Crippen LogP contribution in [0.15, 0.2) is 36.4 Å². The highest BCUT2D eigenvalue weighted by atomic mass is 28.4. The largest absolute Gasteiger partial charge is 0.413 e. The molecule has 0 aliphatic carbocycles. The third-order valence-electron chi connectivity index (χ3n) is 7.83. The van der Waals surface area contributed by atoms with E-state index in [2.05, 4.69) is 78.4 Å². The molecule has 2 aromatic rings. The Balaban J connectivity index is 0.000000440. The molecule has 2 rings (SSSR count). The first kappa shape index (κ1) is 38.6. The van der Waals surface area contributed by atoms with Crippen molar-refractivity contribution in [3.63, 3.8) is 0 Å². The number of benzene rings is 2. The maximum Gasteiger partial charge on any atom is 0.271 e. The first-order valence-electron chi connectivity index (χ1n) is 14.2. The second-order valence-electron chi connectivity index (χ2n) is 13.8. The summed E-state index contributed by atoms with van der Waals surface area (Å²) < 4.78 is 12.2. The molecule has 244 valence electrons. The molecule has 0 fully saturated rings. The Labute approximate surface area is 262 Å². The number of rotatable bonds is 10. The van der Waals surface area contributed by atoms with Crippen molar-refractivity contribution in [1.29, 1.82) is 0 Å². The van der Waals surface area contributed by atoms with Gasteiger partial charge in [0, 0.05) is 49.5 Å². The van der Waals surface area contributed by atoms with Gasteiger partial charge in [-0.25, -0.2) is 0 Å². The van der Waals surface area contributed by atoms with Crippen molar-refractivity contribution >= 4 is 51.2 Å². The first-order chi connectivity index (χ1) is 19.8. The summed E-state index contributed by atoms with van der Waals surface area (Å²) in [6.45, 7) is 24.6. The number of hydrogen-bond donors (Lipinski definition) is 2. The molecule has 0 heterocycles. The zero-order valence-corrected chi connectivity index (χ0v) is 30.0. The van der Waals surface area contributed by atoms with Crippen molar-refractivity contribution in [2.45, 2.75) is 105 Å². The van der Waals surface area contributed by atoms with E-state index >= 15 is 0 Å². The molecule has 0 radical (unpaired) electrons. The Bertz CT molecular complexity index is 1260. The highest BCUT2D eigenvalue weighted by molar-refractivity contribution is 6.74. The van der Waals surface area contributed by atoms with Crippen LogP contribution in [0.3, 0.4) is 0 Å². The molecular weight excluding hydrogens is 601 g/mol. The van der Waals surface area contributed by atoms with Crippen molar-refractivity contribution in [1.82, 2.24) is 0 Å². The lowest BCUT2D eigenvalue weighted by atomic mass is 10.2. The number of amides is 2. The van der Waals surface area contributed by atoms with Gasteiger partial charge in [-0.15, -0.1) is 0 Å². The highest BCUT2D eigenvalue weighted by Gasteiger charge is 2.38. The minimum atomic E-state index is -1.94. The van der Waals surface area contributed by atoms with Gasteiger partial charge in [0.25, 0.3) is 11.4 Å². The Kier molecular flexibility index (Phi) is 13.2.